The van der Waals surface area contributed by atoms with Crippen molar-refractivity contribution in [3.8, 4) is 23.5 Å². The standard InChI is InChI=1S/C28H31N5O2/c1-3-35-28-30-26(31-32-28)25-16-23(18(2)15-24(25)19-8-6-9-19)27(34)33-13-11-20(12-14-33)22-10-5-4-7-21(22)17-29/h4-5,7,10,15-16,19-20H,3,6,8-9,11-14H2,1-2H3,(H,30,31,32). The molecule has 7 nitrogen and oxygen atoms in total. The van der Waals surface area contributed by atoms with Crippen LogP contribution in [-0.2, 0) is 0 Å². The Morgan fingerprint density at radius 2 is 1.86 bits per heavy atom. The van der Waals surface area contributed by atoms with Gasteiger partial charge in [0.25, 0.3) is 5.91 Å². The Bertz CT molecular complexity index is 1260. The summed E-state index contributed by atoms with van der Waals surface area (Å²) in [5.74, 6) is 1.50. The van der Waals surface area contributed by atoms with Crippen LogP contribution in [0.2, 0.25) is 0 Å². The number of benzene rings is 2. The Morgan fingerprint density at radius 3 is 2.54 bits per heavy atom. The summed E-state index contributed by atoms with van der Waals surface area (Å²) in [5.41, 5.74) is 5.73. The van der Waals surface area contributed by atoms with E-state index in [0.29, 0.717) is 48.9 Å². The van der Waals surface area contributed by atoms with E-state index in [4.69, 9.17) is 4.74 Å². The SMILES string of the molecule is CCOc1nnc(-c2cc(C(=O)N3CCC(c4ccccc4C#N)CC3)c(C)cc2C2CCC2)[nH]1. The van der Waals surface area contributed by atoms with E-state index in [1.807, 2.05) is 49.1 Å². The molecule has 1 aliphatic carbocycles. The van der Waals surface area contributed by atoms with Gasteiger partial charge in [0, 0.05) is 24.2 Å². The third kappa shape index (κ3) is 4.53. The van der Waals surface area contributed by atoms with Gasteiger partial charge >= 0.3 is 6.01 Å². The second kappa shape index (κ2) is 9.91. The van der Waals surface area contributed by atoms with Gasteiger partial charge in [0.05, 0.1) is 18.2 Å². The molecule has 0 radical (unpaired) electrons. The summed E-state index contributed by atoms with van der Waals surface area (Å²) >= 11 is 0. The molecule has 180 valence electrons. The average molecular weight is 470 g/mol. The normalized spacial score (nSPS) is 16.5. The number of H-pyrrole nitrogens is 1. The van der Waals surface area contributed by atoms with Crippen molar-refractivity contribution >= 4 is 5.91 Å². The van der Waals surface area contributed by atoms with E-state index in [-0.39, 0.29) is 5.91 Å². The van der Waals surface area contributed by atoms with Crippen molar-refractivity contribution in [2.24, 2.45) is 0 Å². The molecule has 2 aliphatic rings. The van der Waals surface area contributed by atoms with Gasteiger partial charge < -0.3 is 9.64 Å². The van der Waals surface area contributed by atoms with Crippen LogP contribution < -0.4 is 4.74 Å². The number of aromatic amines is 1. The number of nitrogens with zero attached hydrogens (tertiary/aromatic N) is 4. The Kier molecular flexibility index (Phi) is 6.54. The zero-order valence-corrected chi connectivity index (χ0v) is 20.4. The van der Waals surface area contributed by atoms with Crippen molar-refractivity contribution in [3.05, 3.63) is 64.2 Å². The van der Waals surface area contributed by atoms with Crippen molar-refractivity contribution in [2.45, 2.75) is 57.8 Å². The topological polar surface area (TPSA) is 94.9 Å². The number of carbonyl (C=O) groups is 1. The summed E-state index contributed by atoms with van der Waals surface area (Å²) < 4.78 is 5.48. The molecule has 1 aliphatic heterocycles. The van der Waals surface area contributed by atoms with E-state index in [0.717, 1.165) is 47.9 Å². The molecule has 1 amide bonds. The number of likely N-dealkylation sites (tertiary alicyclic amines) is 1. The Balaban J connectivity index is 1.39. The first-order valence-electron chi connectivity index (χ1n) is 12.6. The lowest BCUT2D eigenvalue weighted by molar-refractivity contribution is 0.0712. The van der Waals surface area contributed by atoms with Crippen LogP contribution in [0.4, 0.5) is 0 Å². The van der Waals surface area contributed by atoms with Gasteiger partial charge in [0.15, 0.2) is 5.82 Å². The van der Waals surface area contributed by atoms with Crippen LogP contribution >= 0.6 is 0 Å². The highest BCUT2D eigenvalue weighted by Gasteiger charge is 2.29. The van der Waals surface area contributed by atoms with E-state index in [9.17, 15) is 10.1 Å². The zero-order valence-electron chi connectivity index (χ0n) is 20.4. The number of amides is 1. The molecule has 3 aromatic rings. The van der Waals surface area contributed by atoms with Gasteiger partial charge in [-0.1, -0.05) is 35.8 Å². The molecule has 1 saturated carbocycles. The van der Waals surface area contributed by atoms with Crippen molar-refractivity contribution in [3.63, 3.8) is 0 Å². The van der Waals surface area contributed by atoms with Crippen LogP contribution in [0.3, 0.4) is 0 Å². The number of ether oxygens (including phenoxy) is 1. The molecule has 1 saturated heterocycles. The molecule has 0 bridgehead atoms. The molecule has 0 unspecified atom stereocenters. The molecule has 0 spiro atoms. The van der Waals surface area contributed by atoms with E-state index >= 15 is 0 Å². The van der Waals surface area contributed by atoms with E-state index in [1.54, 1.807) is 0 Å². The molecule has 1 N–H and O–H groups in total. The lowest BCUT2D eigenvalue weighted by atomic mass is 9.77. The van der Waals surface area contributed by atoms with Crippen molar-refractivity contribution < 1.29 is 9.53 Å². The first-order chi connectivity index (χ1) is 17.1. The Morgan fingerprint density at radius 1 is 1.11 bits per heavy atom. The maximum Gasteiger partial charge on any atom is 0.314 e. The Labute approximate surface area is 206 Å². The summed E-state index contributed by atoms with van der Waals surface area (Å²) in [6.45, 7) is 5.81. The predicted octanol–water partition coefficient (Wildman–Crippen LogP) is 5.34. The minimum Gasteiger partial charge on any atom is -0.464 e. The van der Waals surface area contributed by atoms with Crippen LogP contribution in [0.1, 0.15) is 83.5 Å². The average Bonchev–Trinajstić information content (AvgIpc) is 3.31. The van der Waals surface area contributed by atoms with Gasteiger partial charge in [-0.15, -0.1) is 5.10 Å². The van der Waals surface area contributed by atoms with E-state index in [2.05, 4.69) is 27.3 Å². The molecule has 2 fully saturated rings. The molecule has 1 aromatic heterocycles. The monoisotopic (exact) mass is 469 g/mol. The second-order valence-electron chi connectivity index (χ2n) is 9.56. The summed E-state index contributed by atoms with van der Waals surface area (Å²) in [6, 6.07) is 14.7. The maximum absolute atomic E-state index is 13.6. The zero-order chi connectivity index (χ0) is 24.4. The first kappa shape index (κ1) is 23.1. The number of carbonyl (C=O) groups excluding carboxylic acids is 1. The van der Waals surface area contributed by atoms with Gasteiger partial charge in [-0.2, -0.15) is 5.26 Å². The maximum atomic E-state index is 13.6. The number of aromatic nitrogens is 3. The highest BCUT2D eigenvalue weighted by Crippen LogP contribution is 2.42. The fraction of sp³-hybridized carbons (Fsp3) is 0.429. The summed E-state index contributed by atoms with van der Waals surface area (Å²) in [7, 11) is 0. The fourth-order valence-electron chi connectivity index (χ4n) is 5.31. The number of nitriles is 1. The molecule has 2 aromatic carbocycles. The quantitative estimate of drug-likeness (QED) is 0.526. The predicted molar refractivity (Wildman–Crippen MR) is 133 cm³/mol. The van der Waals surface area contributed by atoms with E-state index in [1.165, 1.54) is 12.0 Å². The molecule has 2 heterocycles. The smallest absolute Gasteiger partial charge is 0.314 e. The molecule has 0 atom stereocenters. The number of aryl methyl sites for hydroxylation is 1. The molecule has 35 heavy (non-hydrogen) atoms. The van der Waals surface area contributed by atoms with Crippen LogP contribution in [0.25, 0.3) is 11.4 Å². The first-order valence-corrected chi connectivity index (χ1v) is 12.6. The summed E-state index contributed by atoms with van der Waals surface area (Å²) in [6.07, 6.45) is 5.26. The fourth-order valence-corrected chi connectivity index (χ4v) is 5.31. The number of hydrogen-bond donors (Lipinski definition) is 1. The lowest BCUT2D eigenvalue weighted by Gasteiger charge is -2.33. The van der Waals surface area contributed by atoms with Crippen LogP contribution in [0, 0.1) is 18.3 Å². The van der Waals surface area contributed by atoms with Gasteiger partial charge in [0.1, 0.15) is 0 Å². The van der Waals surface area contributed by atoms with Gasteiger partial charge in [-0.05, 0) is 80.2 Å². The highest BCUT2D eigenvalue weighted by molar-refractivity contribution is 5.97. The minimum absolute atomic E-state index is 0.0560. The van der Waals surface area contributed by atoms with E-state index < -0.39 is 0 Å². The number of nitrogens with one attached hydrogen (secondary N) is 1. The van der Waals surface area contributed by atoms with Crippen LogP contribution in [0.15, 0.2) is 36.4 Å². The minimum atomic E-state index is 0.0560. The number of rotatable bonds is 6. The number of piperidine rings is 1. The molecular weight excluding hydrogens is 438 g/mol. The summed E-state index contributed by atoms with van der Waals surface area (Å²) in [4.78, 5) is 18.8. The van der Waals surface area contributed by atoms with Crippen molar-refractivity contribution in [1.82, 2.24) is 20.1 Å². The van der Waals surface area contributed by atoms with Crippen molar-refractivity contribution in [2.75, 3.05) is 19.7 Å². The lowest BCUT2D eigenvalue weighted by Crippen LogP contribution is -2.38. The third-order valence-corrected chi connectivity index (χ3v) is 7.48. The van der Waals surface area contributed by atoms with Crippen molar-refractivity contribution in [1.29, 1.82) is 5.26 Å². The number of hydrogen-bond acceptors (Lipinski definition) is 5. The molecule has 5 rings (SSSR count). The Hall–Kier alpha value is -3.66. The largest absolute Gasteiger partial charge is 0.464 e. The molecule has 7 heteroatoms. The highest BCUT2D eigenvalue weighted by atomic mass is 16.5. The molecular formula is C28H31N5O2. The second-order valence-corrected chi connectivity index (χ2v) is 9.56. The summed E-state index contributed by atoms with van der Waals surface area (Å²) in [5, 5.41) is 17.9. The van der Waals surface area contributed by atoms with Gasteiger partial charge in [-0.25, -0.2) is 0 Å². The van der Waals surface area contributed by atoms with Gasteiger partial charge in [0.2, 0.25) is 0 Å². The third-order valence-electron chi connectivity index (χ3n) is 7.48. The van der Waals surface area contributed by atoms with Crippen LogP contribution in [-0.4, -0.2) is 45.7 Å². The van der Waals surface area contributed by atoms with Crippen LogP contribution in [0.5, 0.6) is 6.01 Å². The van der Waals surface area contributed by atoms with Gasteiger partial charge in [-0.3, -0.25) is 9.78 Å².